The van der Waals surface area contributed by atoms with Gasteiger partial charge in [0.1, 0.15) is 5.82 Å². The summed E-state index contributed by atoms with van der Waals surface area (Å²) >= 11 is 6.14. The highest BCUT2D eigenvalue weighted by atomic mass is 35.5. The summed E-state index contributed by atoms with van der Waals surface area (Å²) < 4.78 is 14.3. The molecule has 2 rings (SSSR count). The van der Waals surface area contributed by atoms with Crippen molar-refractivity contribution in [3.05, 3.63) is 64.2 Å². The fourth-order valence-corrected chi connectivity index (χ4v) is 2.46. The minimum atomic E-state index is -0.149. The van der Waals surface area contributed by atoms with Gasteiger partial charge in [0, 0.05) is 24.0 Å². The quantitative estimate of drug-likeness (QED) is 0.898. The topological polar surface area (TPSA) is 24.9 Å². The molecule has 20 heavy (non-hydrogen) atoms. The van der Waals surface area contributed by atoms with Gasteiger partial charge >= 0.3 is 0 Å². The van der Waals surface area contributed by atoms with Gasteiger partial charge in [-0.25, -0.2) is 4.39 Å². The van der Waals surface area contributed by atoms with Crippen LogP contribution in [0.4, 0.5) is 4.39 Å². The summed E-state index contributed by atoms with van der Waals surface area (Å²) in [5, 5.41) is 3.94. The second kappa shape index (κ2) is 6.82. The van der Waals surface area contributed by atoms with Crippen molar-refractivity contribution < 1.29 is 4.39 Å². The van der Waals surface area contributed by atoms with E-state index < -0.39 is 0 Å². The van der Waals surface area contributed by atoms with Gasteiger partial charge in [0.15, 0.2) is 0 Å². The molecule has 1 N–H and O–H groups in total. The van der Waals surface area contributed by atoms with Crippen LogP contribution in [0, 0.1) is 12.7 Å². The number of rotatable bonds is 5. The second-order valence-corrected chi connectivity index (χ2v) is 5.17. The van der Waals surface area contributed by atoms with Crippen molar-refractivity contribution >= 4 is 11.6 Å². The largest absolute Gasteiger partial charge is 0.310 e. The van der Waals surface area contributed by atoms with E-state index in [0.29, 0.717) is 22.6 Å². The highest BCUT2D eigenvalue weighted by Crippen LogP contribution is 2.25. The summed E-state index contributed by atoms with van der Waals surface area (Å²) in [4.78, 5) is 3.98. The second-order valence-electron chi connectivity index (χ2n) is 4.76. The monoisotopic (exact) mass is 292 g/mol. The number of hydrogen-bond acceptors (Lipinski definition) is 2. The summed E-state index contributed by atoms with van der Waals surface area (Å²) in [6, 6.07) is 7.26. The van der Waals surface area contributed by atoms with Crippen molar-refractivity contribution in [2.45, 2.75) is 26.3 Å². The summed E-state index contributed by atoms with van der Waals surface area (Å²) in [5.74, 6) is -0.149. The zero-order valence-electron chi connectivity index (χ0n) is 11.7. The molecule has 0 saturated carbocycles. The zero-order chi connectivity index (χ0) is 14.5. The fraction of sp³-hybridized carbons (Fsp3) is 0.312. The van der Waals surface area contributed by atoms with Crippen molar-refractivity contribution in [2.75, 3.05) is 6.54 Å². The minimum absolute atomic E-state index is 0.0974. The number of benzene rings is 1. The normalized spacial score (nSPS) is 12.4. The molecule has 2 nitrogen and oxygen atoms in total. The molecule has 0 bridgehead atoms. The van der Waals surface area contributed by atoms with Crippen LogP contribution in [0.1, 0.15) is 29.7 Å². The van der Waals surface area contributed by atoms with Gasteiger partial charge in [-0.2, -0.15) is 0 Å². The highest BCUT2D eigenvalue weighted by Gasteiger charge is 2.17. The van der Waals surface area contributed by atoms with E-state index in [9.17, 15) is 4.39 Å². The number of halogens is 2. The van der Waals surface area contributed by atoms with Crippen molar-refractivity contribution in [2.24, 2.45) is 0 Å². The lowest BCUT2D eigenvalue weighted by Crippen LogP contribution is -2.24. The van der Waals surface area contributed by atoms with Crippen molar-refractivity contribution in [3.63, 3.8) is 0 Å². The summed E-state index contributed by atoms with van der Waals surface area (Å²) in [6.07, 6.45) is 3.96. The summed E-state index contributed by atoms with van der Waals surface area (Å²) in [5.41, 5.74) is 2.31. The molecule has 1 aromatic heterocycles. The van der Waals surface area contributed by atoms with Crippen LogP contribution in [0.25, 0.3) is 0 Å². The molecule has 0 spiro atoms. The van der Waals surface area contributed by atoms with E-state index in [0.717, 1.165) is 12.1 Å². The maximum absolute atomic E-state index is 14.3. The Morgan fingerprint density at radius 2 is 2.15 bits per heavy atom. The standard InChI is InChI=1S/C16H18ClFN2/c1-3-20-15(9-12-7-8-19-10-14(12)17)13-6-4-5-11(2)16(13)18/h4-8,10,15,20H,3,9H2,1-2H3. The SMILES string of the molecule is CCNC(Cc1ccncc1Cl)c1cccc(C)c1F. The molecule has 0 radical (unpaired) electrons. The molecule has 0 aliphatic rings. The number of aryl methyl sites for hydroxylation is 1. The van der Waals surface area contributed by atoms with Gasteiger partial charge in [0.25, 0.3) is 0 Å². The Hall–Kier alpha value is -1.45. The lowest BCUT2D eigenvalue weighted by Gasteiger charge is -2.20. The van der Waals surface area contributed by atoms with Gasteiger partial charge in [-0.1, -0.05) is 36.7 Å². The lowest BCUT2D eigenvalue weighted by molar-refractivity contribution is 0.507. The molecule has 1 heterocycles. The first-order chi connectivity index (χ1) is 9.63. The molecule has 0 aliphatic heterocycles. The maximum Gasteiger partial charge on any atom is 0.130 e. The summed E-state index contributed by atoms with van der Waals surface area (Å²) in [6.45, 7) is 4.55. The first-order valence-electron chi connectivity index (χ1n) is 6.70. The smallest absolute Gasteiger partial charge is 0.130 e. The Balaban J connectivity index is 2.32. The Morgan fingerprint density at radius 3 is 2.85 bits per heavy atom. The van der Waals surface area contributed by atoms with E-state index in [4.69, 9.17) is 11.6 Å². The van der Waals surface area contributed by atoms with E-state index in [1.54, 1.807) is 25.4 Å². The zero-order valence-corrected chi connectivity index (χ0v) is 12.4. The van der Waals surface area contributed by atoms with Crippen LogP contribution < -0.4 is 5.32 Å². The molecule has 2 aromatic rings. The Labute approximate surface area is 124 Å². The van der Waals surface area contributed by atoms with Gasteiger partial charge < -0.3 is 5.32 Å². The third-order valence-electron chi connectivity index (χ3n) is 3.33. The average Bonchev–Trinajstić information content (AvgIpc) is 2.44. The van der Waals surface area contributed by atoms with E-state index in [1.807, 2.05) is 25.1 Å². The van der Waals surface area contributed by atoms with Gasteiger partial charge in [0.2, 0.25) is 0 Å². The maximum atomic E-state index is 14.3. The minimum Gasteiger partial charge on any atom is -0.310 e. The van der Waals surface area contributed by atoms with E-state index >= 15 is 0 Å². The van der Waals surface area contributed by atoms with Gasteiger partial charge in [0.05, 0.1) is 5.02 Å². The fourth-order valence-electron chi connectivity index (χ4n) is 2.27. The molecule has 0 fully saturated rings. The predicted octanol–water partition coefficient (Wildman–Crippen LogP) is 4.08. The highest BCUT2D eigenvalue weighted by molar-refractivity contribution is 6.31. The van der Waals surface area contributed by atoms with Crippen LogP contribution in [0.5, 0.6) is 0 Å². The van der Waals surface area contributed by atoms with E-state index in [2.05, 4.69) is 10.3 Å². The van der Waals surface area contributed by atoms with Crippen LogP contribution >= 0.6 is 11.6 Å². The number of nitrogens with one attached hydrogen (secondary N) is 1. The van der Waals surface area contributed by atoms with Crippen molar-refractivity contribution in [1.82, 2.24) is 10.3 Å². The van der Waals surface area contributed by atoms with E-state index in [-0.39, 0.29) is 11.9 Å². The first kappa shape index (κ1) is 14.9. The molecule has 1 unspecified atom stereocenters. The first-order valence-corrected chi connectivity index (χ1v) is 7.08. The predicted molar refractivity (Wildman–Crippen MR) is 80.5 cm³/mol. The Bertz CT molecular complexity index is 586. The lowest BCUT2D eigenvalue weighted by atomic mass is 9.97. The van der Waals surface area contributed by atoms with Crippen LogP contribution in [-0.4, -0.2) is 11.5 Å². The molecular weight excluding hydrogens is 275 g/mol. The molecular formula is C16H18ClFN2. The Kier molecular flexibility index (Phi) is 5.10. The average molecular weight is 293 g/mol. The van der Waals surface area contributed by atoms with E-state index in [1.165, 1.54) is 0 Å². The molecule has 106 valence electrons. The van der Waals surface area contributed by atoms with Gasteiger partial charge in [-0.15, -0.1) is 0 Å². The number of aromatic nitrogens is 1. The van der Waals surface area contributed by atoms with Crippen LogP contribution in [0.3, 0.4) is 0 Å². The molecule has 0 amide bonds. The third-order valence-corrected chi connectivity index (χ3v) is 3.67. The summed E-state index contributed by atoms with van der Waals surface area (Å²) in [7, 11) is 0. The number of nitrogens with zero attached hydrogens (tertiary/aromatic N) is 1. The third kappa shape index (κ3) is 3.35. The van der Waals surface area contributed by atoms with Crippen LogP contribution in [-0.2, 0) is 6.42 Å². The van der Waals surface area contributed by atoms with Crippen LogP contribution in [0.2, 0.25) is 5.02 Å². The molecule has 0 saturated heterocycles. The Morgan fingerprint density at radius 1 is 1.35 bits per heavy atom. The van der Waals surface area contributed by atoms with Gasteiger partial charge in [-0.05, 0) is 37.1 Å². The number of likely N-dealkylation sites (N-methyl/N-ethyl adjacent to an activating group) is 1. The van der Waals surface area contributed by atoms with Gasteiger partial charge in [-0.3, -0.25) is 4.98 Å². The van der Waals surface area contributed by atoms with Crippen molar-refractivity contribution in [3.8, 4) is 0 Å². The van der Waals surface area contributed by atoms with Crippen molar-refractivity contribution in [1.29, 1.82) is 0 Å². The molecule has 1 atom stereocenters. The van der Waals surface area contributed by atoms with Crippen LogP contribution in [0.15, 0.2) is 36.7 Å². The molecule has 0 aliphatic carbocycles. The number of pyridine rings is 1. The number of hydrogen-bond donors (Lipinski definition) is 1. The molecule has 4 heteroatoms. The molecule has 1 aromatic carbocycles.